The second-order valence-corrected chi connectivity index (χ2v) is 7.62. The van der Waals surface area contributed by atoms with Gasteiger partial charge in [-0.05, 0) is 50.2 Å². The molecule has 0 saturated carbocycles. The van der Waals surface area contributed by atoms with Crippen LogP contribution in [0.4, 0.5) is 11.4 Å². The maximum absolute atomic E-state index is 12.3. The van der Waals surface area contributed by atoms with E-state index in [9.17, 15) is 14.4 Å². The number of fused-ring (bicyclic) bond motifs is 1. The minimum Gasteiger partial charge on any atom is -0.494 e. The van der Waals surface area contributed by atoms with Gasteiger partial charge in [-0.1, -0.05) is 12.1 Å². The highest BCUT2D eigenvalue weighted by Gasteiger charge is 2.30. The largest absolute Gasteiger partial charge is 0.494 e. The number of ether oxygens (including phenoxy) is 2. The molecule has 8 heteroatoms. The number of benzene rings is 2. The van der Waals surface area contributed by atoms with Gasteiger partial charge in [0, 0.05) is 10.6 Å². The Bertz CT molecular complexity index is 900. The van der Waals surface area contributed by atoms with Crippen LogP contribution in [0.5, 0.6) is 5.75 Å². The average Bonchev–Trinajstić information content (AvgIpc) is 2.70. The lowest BCUT2D eigenvalue weighted by Gasteiger charge is -2.23. The molecule has 0 aromatic heterocycles. The molecule has 0 spiro atoms. The smallest absolute Gasteiger partial charge is 0.308 e. The molecule has 0 radical (unpaired) electrons. The number of hydrogen-bond donors (Lipinski definition) is 2. The Balaban J connectivity index is 1.51. The Morgan fingerprint density at radius 2 is 1.90 bits per heavy atom. The Morgan fingerprint density at radius 1 is 1.17 bits per heavy atom. The van der Waals surface area contributed by atoms with Gasteiger partial charge in [0.2, 0.25) is 5.91 Å². The van der Waals surface area contributed by atoms with Crippen molar-refractivity contribution in [2.24, 2.45) is 0 Å². The predicted octanol–water partition coefficient (Wildman–Crippen LogP) is 3.46. The normalized spacial score (nSPS) is 16.2. The number of carbonyl (C=O) groups is 3. The molecule has 1 heterocycles. The highest BCUT2D eigenvalue weighted by atomic mass is 32.2. The number of hydrogen-bond acceptors (Lipinski definition) is 6. The van der Waals surface area contributed by atoms with Crippen molar-refractivity contribution in [3.05, 3.63) is 48.5 Å². The van der Waals surface area contributed by atoms with Gasteiger partial charge in [0.05, 0.1) is 24.0 Å². The first-order chi connectivity index (χ1) is 14.0. The van der Waals surface area contributed by atoms with Crippen LogP contribution in [0.15, 0.2) is 53.4 Å². The Labute approximate surface area is 173 Å². The molecule has 0 aliphatic carbocycles. The summed E-state index contributed by atoms with van der Waals surface area (Å²) in [6.45, 7) is 3.94. The summed E-state index contributed by atoms with van der Waals surface area (Å²) in [7, 11) is 0. The predicted molar refractivity (Wildman–Crippen MR) is 111 cm³/mol. The van der Waals surface area contributed by atoms with Gasteiger partial charge in [-0.3, -0.25) is 14.4 Å². The van der Waals surface area contributed by atoms with Gasteiger partial charge in [-0.25, -0.2) is 0 Å². The average molecular weight is 414 g/mol. The summed E-state index contributed by atoms with van der Waals surface area (Å²) in [5.74, 6) is -0.605. The van der Waals surface area contributed by atoms with Gasteiger partial charge in [0.1, 0.15) is 5.75 Å². The van der Waals surface area contributed by atoms with E-state index >= 15 is 0 Å². The quantitative estimate of drug-likeness (QED) is 0.674. The van der Waals surface area contributed by atoms with Gasteiger partial charge in [-0.2, -0.15) is 0 Å². The monoisotopic (exact) mass is 414 g/mol. The van der Waals surface area contributed by atoms with Crippen LogP contribution in [0.25, 0.3) is 0 Å². The van der Waals surface area contributed by atoms with E-state index in [2.05, 4.69) is 10.6 Å². The third-order valence-electron chi connectivity index (χ3n) is 4.17. The lowest BCUT2D eigenvalue weighted by Crippen LogP contribution is -2.34. The van der Waals surface area contributed by atoms with Crippen molar-refractivity contribution in [1.82, 2.24) is 0 Å². The van der Waals surface area contributed by atoms with E-state index in [1.165, 1.54) is 18.7 Å². The number of esters is 1. The van der Waals surface area contributed by atoms with Gasteiger partial charge >= 0.3 is 5.97 Å². The standard InChI is InChI=1S/C21H22N2O5S/c1-3-27-15-10-8-14(9-11-15)22-20(25)13(2)28-19(24)12-18-21(26)23-16-6-4-5-7-17(16)29-18/h4-11,13,18H,3,12H2,1-2H3,(H,22,25)(H,23,26)/t13-,18-/m1/s1. The van der Waals surface area contributed by atoms with E-state index in [1.807, 2.05) is 31.2 Å². The summed E-state index contributed by atoms with van der Waals surface area (Å²) in [5.41, 5.74) is 1.30. The second-order valence-electron chi connectivity index (χ2n) is 6.37. The summed E-state index contributed by atoms with van der Waals surface area (Å²) in [6, 6.07) is 14.3. The zero-order valence-corrected chi connectivity index (χ0v) is 17.0. The molecule has 7 nitrogen and oxygen atoms in total. The van der Waals surface area contributed by atoms with Crippen molar-refractivity contribution < 1.29 is 23.9 Å². The fourth-order valence-electron chi connectivity index (χ4n) is 2.72. The number of nitrogens with one attached hydrogen (secondary N) is 2. The van der Waals surface area contributed by atoms with Crippen molar-refractivity contribution in [2.45, 2.75) is 36.5 Å². The molecule has 2 N–H and O–H groups in total. The number of amides is 2. The molecule has 2 atom stereocenters. The number of rotatable bonds is 7. The highest BCUT2D eigenvalue weighted by Crippen LogP contribution is 2.36. The first-order valence-corrected chi connectivity index (χ1v) is 10.1. The summed E-state index contributed by atoms with van der Waals surface area (Å²) in [6.07, 6.45) is -1.11. The minimum atomic E-state index is -0.988. The molecule has 2 aromatic rings. The van der Waals surface area contributed by atoms with E-state index in [4.69, 9.17) is 9.47 Å². The Hall–Kier alpha value is -3.00. The van der Waals surface area contributed by atoms with Gasteiger partial charge in [0.25, 0.3) is 5.91 Å². The van der Waals surface area contributed by atoms with Crippen molar-refractivity contribution in [2.75, 3.05) is 17.2 Å². The molecule has 2 amide bonds. The Kier molecular flexibility index (Phi) is 6.77. The van der Waals surface area contributed by atoms with E-state index in [1.54, 1.807) is 24.3 Å². The SMILES string of the molecule is CCOc1ccc(NC(=O)[C@@H](C)OC(=O)C[C@H]2Sc3ccccc3NC2=O)cc1. The first-order valence-electron chi connectivity index (χ1n) is 9.26. The van der Waals surface area contributed by atoms with Crippen molar-refractivity contribution >= 4 is 40.9 Å². The van der Waals surface area contributed by atoms with Gasteiger partial charge in [-0.15, -0.1) is 11.8 Å². The third-order valence-corrected chi connectivity index (χ3v) is 5.44. The molecule has 0 fully saturated rings. The minimum absolute atomic E-state index is 0.120. The van der Waals surface area contributed by atoms with Crippen LogP contribution in [0.2, 0.25) is 0 Å². The summed E-state index contributed by atoms with van der Waals surface area (Å²) < 4.78 is 10.6. The molecule has 29 heavy (non-hydrogen) atoms. The lowest BCUT2D eigenvalue weighted by molar-refractivity contribution is -0.153. The van der Waals surface area contributed by atoms with Gasteiger partial charge < -0.3 is 20.1 Å². The zero-order valence-electron chi connectivity index (χ0n) is 16.1. The van der Waals surface area contributed by atoms with Crippen LogP contribution in [0.1, 0.15) is 20.3 Å². The zero-order chi connectivity index (χ0) is 20.8. The fourth-order valence-corrected chi connectivity index (χ4v) is 3.82. The molecule has 2 aromatic carbocycles. The van der Waals surface area contributed by atoms with Crippen LogP contribution in [-0.4, -0.2) is 35.7 Å². The van der Waals surface area contributed by atoms with Crippen LogP contribution < -0.4 is 15.4 Å². The van der Waals surface area contributed by atoms with Crippen LogP contribution in [0, 0.1) is 0 Å². The maximum atomic E-state index is 12.3. The molecule has 0 bridgehead atoms. The van der Waals surface area contributed by atoms with Crippen molar-refractivity contribution in [3.8, 4) is 5.75 Å². The number of anilines is 2. The molecule has 0 unspecified atom stereocenters. The number of carbonyl (C=O) groups excluding carboxylic acids is 3. The topological polar surface area (TPSA) is 93.7 Å². The molecular weight excluding hydrogens is 392 g/mol. The first kappa shape index (κ1) is 20.7. The summed E-state index contributed by atoms with van der Waals surface area (Å²) in [5, 5.41) is 4.87. The molecule has 0 saturated heterocycles. The third kappa shape index (κ3) is 5.51. The summed E-state index contributed by atoms with van der Waals surface area (Å²) >= 11 is 1.31. The van der Waals surface area contributed by atoms with Crippen molar-refractivity contribution in [3.63, 3.8) is 0 Å². The van der Waals surface area contributed by atoms with E-state index in [-0.39, 0.29) is 12.3 Å². The van der Waals surface area contributed by atoms with Crippen LogP contribution in [-0.2, 0) is 19.1 Å². The van der Waals surface area contributed by atoms with E-state index < -0.39 is 23.2 Å². The van der Waals surface area contributed by atoms with Crippen LogP contribution in [0.3, 0.4) is 0 Å². The number of para-hydroxylation sites is 1. The van der Waals surface area contributed by atoms with Crippen molar-refractivity contribution in [1.29, 1.82) is 0 Å². The summed E-state index contributed by atoms with van der Waals surface area (Å²) in [4.78, 5) is 37.6. The van der Waals surface area contributed by atoms with E-state index in [0.29, 0.717) is 18.0 Å². The molecular formula is C21H22N2O5S. The maximum Gasteiger partial charge on any atom is 0.308 e. The molecule has 1 aliphatic rings. The number of thioether (sulfide) groups is 1. The highest BCUT2D eigenvalue weighted by molar-refractivity contribution is 8.01. The Morgan fingerprint density at radius 3 is 2.62 bits per heavy atom. The fraction of sp³-hybridized carbons (Fsp3) is 0.286. The molecule has 3 rings (SSSR count). The lowest BCUT2D eigenvalue weighted by atomic mass is 10.2. The molecule has 1 aliphatic heterocycles. The molecule has 152 valence electrons. The van der Waals surface area contributed by atoms with E-state index in [0.717, 1.165) is 10.6 Å². The van der Waals surface area contributed by atoms with Gasteiger partial charge in [0.15, 0.2) is 6.10 Å². The second kappa shape index (κ2) is 9.47. The van der Waals surface area contributed by atoms with Crippen LogP contribution >= 0.6 is 11.8 Å².